The average Bonchev–Trinajstić information content (AvgIpc) is 3.32. The second-order valence-corrected chi connectivity index (χ2v) is 9.07. The van der Waals surface area contributed by atoms with E-state index in [0.29, 0.717) is 28.2 Å². The second kappa shape index (κ2) is 9.22. The first kappa shape index (κ1) is 23.0. The van der Waals surface area contributed by atoms with Gasteiger partial charge in [0.2, 0.25) is 5.69 Å². The fraction of sp³-hybridized carbons (Fsp3) is 0.455. The zero-order valence-electron chi connectivity index (χ0n) is 18.0. The van der Waals surface area contributed by atoms with Crippen molar-refractivity contribution in [3.8, 4) is 0 Å². The van der Waals surface area contributed by atoms with Gasteiger partial charge in [0, 0.05) is 35.4 Å². The Bertz CT molecular complexity index is 1120. The number of hydrogen-bond acceptors (Lipinski definition) is 5. The number of benzene rings is 1. The lowest BCUT2D eigenvalue weighted by molar-refractivity contribution is -0.913. The number of nitrogens with one attached hydrogen (secondary N) is 1. The molecule has 1 aromatic heterocycles. The number of likely N-dealkylation sites (tertiary alicyclic amines) is 1. The van der Waals surface area contributed by atoms with Crippen LogP contribution in [0.1, 0.15) is 48.3 Å². The third-order valence-electron chi connectivity index (χ3n) is 5.94. The maximum atomic E-state index is 12.2. The van der Waals surface area contributed by atoms with Crippen LogP contribution in [0.4, 0.5) is 5.69 Å². The van der Waals surface area contributed by atoms with Crippen LogP contribution in [0, 0.1) is 20.4 Å². The summed E-state index contributed by atoms with van der Waals surface area (Å²) in [6, 6.07) is 5.74. The van der Waals surface area contributed by atoms with E-state index in [-0.39, 0.29) is 18.0 Å². The van der Waals surface area contributed by atoms with Gasteiger partial charge < -0.3 is 18.8 Å². The van der Waals surface area contributed by atoms with Gasteiger partial charge in [0.15, 0.2) is 0 Å². The number of quaternary nitrogens is 1. The summed E-state index contributed by atoms with van der Waals surface area (Å²) in [4.78, 5) is 16.8. The van der Waals surface area contributed by atoms with Gasteiger partial charge in [-0.2, -0.15) is 0 Å². The first-order chi connectivity index (χ1) is 14.7. The summed E-state index contributed by atoms with van der Waals surface area (Å²) in [6.07, 6.45) is 1.96. The monoisotopic (exact) mass is 445 g/mol. The summed E-state index contributed by atoms with van der Waals surface area (Å²) in [5, 5.41) is 0. The smallest absolute Gasteiger partial charge is 0.325 e. The van der Waals surface area contributed by atoms with E-state index in [2.05, 4.69) is 4.85 Å². The highest BCUT2D eigenvalue weighted by Crippen LogP contribution is 2.38. The van der Waals surface area contributed by atoms with Crippen molar-refractivity contribution in [2.45, 2.75) is 51.1 Å². The van der Waals surface area contributed by atoms with E-state index < -0.39 is 22.1 Å². The van der Waals surface area contributed by atoms with Crippen molar-refractivity contribution in [3.63, 3.8) is 0 Å². The lowest BCUT2D eigenvalue weighted by Crippen LogP contribution is -3.10. The highest BCUT2D eigenvalue weighted by molar-refractivity contribution is 7.85. The highest BCUT2D eigenvalue weighted by Gasteiger charge is 2.37. The van der Waals surface area contributed by atoms with Gasteiger partial charge >= 0.3 is 5.97 Å². The maximum Gasteiger partial charge on any atom is 0.325 e. The molecule has 8 nitrogen and oxygen atoms in total. The molecule has 1 unspecified atom stereocenters. The van der Waals surface area contributed by atoms with Gasteiger partial charge in [-0.05, 0) is 26.8 Å². The molecule has 31 heavy (non-hydrogen) atoms. The Morgan fingerprint density at radius 1 is 1.26 bits per heavy atom. The summed E-state index contributed by atoms with van der Waals surface area (Å²) >= 11 is 0. The zero-order chi connectivity index (χ0) is 22.8. The normalized spacial score (nSPS) is 15.6. The quantitative estimate of drug-likeness (QED) is 0.399. The number of aromatic nitrogens is 1. The summed E-state index contributed by atoms with van der Waals surface area (Å²) < 4.78 is 43.0. The standard InChI is InChI=1S/C22H27N3O5S/c1-5-30-19(26)14-25-15(2)20(21(23-4)16(25)3)22(24-12-8-9-13-24)17-10-6-7-11-18(17)31(27,28)29/h6-7,10-11,22H,5,8-9,12-14H2,1-3H3,(H,27,28,29). The Kier molecular flexibility index (Phi) is 6.84. The Labute approximate surface area is 183 Å². The number of ether oxygens (including phenoxy) is 1. The minimum absolute atomic E-state index is 0.0302. The molecule has 2 heterocycles. The van der Waals surface area contributed by atoms with Crippen molar-refractivity contribution >= 4 is 21.8 Å². The summed E-state index contributed by atoms with van der Waals surface area (Å²) in [5.74, 6) is -0.403. The molecule has 1 atom stereocenters. The molecule has 1 saturated heterocycles. The van der Waals surface area contributed by atoms with Crippen LogP contribution < -0.4 is 4.90 Å². The molecule has 0 spiro atoms. The van der Waals surface area contributed by atoms with Gasteiger partial charge in [-0.25, -0.2) is 13.3 Å². The molecule has 1 aromatic carbocycles. The molecule has 1 aliphatic heterocycles. The molecule has 1 aliphatic rings. The Balaban J connectivity index is 2.25. The van der Waals surface area contributed by atoms with E-state index in [4.69, 9.17) is 11.3 Å². The number of rotatable bonds is 7. The predicted molar refractivity (Wildman–Crippen MR) is 113 cm³/mol. The van der Waals surface area contributed by atoms with Crippen LogP contribution in [0.25, 0.3) is 4.85 Å². The molecule has 2 aromatic rings. The molecule has 0 radical (unpaired) electrons. The first-order valence-corrected chi connectivity index (χ1v) is 11.7. The van der Waals surface area contributed by atoms with Crippen LogP contribution in [0.5, 0.6) is 0 Å². The maximum absolute atomic E-state index is 12.2. The van der Waals surface area contributed by atoms with Crippen LogP contribution in [-0.2, 0) is 26.2 Å². The van der Waals surface area contributed by atoms with E-state index >= 15 is 0 Å². The summed E-state index contributed by atoms with van der Waals surface area (Å²) in [5.41, 5.74) is 2.80. The lowest BCUT2D eigenvalue weighted by atomic mass is 9.96. The molecule has 166 valence electrons. The predicted octanol–water partition coefficient (Wildman–Crippen LogP) is 1.89. The minimum Gasteiger partial charge on any atom is -0.744 e. The number of carbonyl (C=O) groups excluding carboxylic acids is 1. The van der Waals surface area contributed by atoms with Crippen molar-refractivity contribution in [1.29, 1.82) is 0 Å². The highest BCUT2D eigenvalue weighted by atomic mass is 32.2. The molecule has 3 rings (SSSR count). The third kappa shape index (κ3) is 4.51. The van der Waals surface area contributed by atoms with Gasteiger partial charge in [-0.3, -0.25) is 4.79 Å². The van der Waals surface area contributed by atoms with Crippen LogP contribution in [0.2, 0.25) is 0 Å². The van der Waals surface area contributed by atoms with Crippen molar-refractivity contribution in [1.82, 2.24) is 4.57 Å². The Hall–Kier alpha value is -2.67. The van der Waals surface area contributed by atoms with Gasteiger partial charge in [0.25, 0.3) is 0 Å². The van der Waals surface area contributed by atoms with Crippen LogP contribution >= 0.6 is 0 Å². The molecule has 0 saturated carbocycles. The lowest BCUT2D eigenvalue weighted by Gasteiger charge is -2.28. The van der Waals surface area contributed by atoms with Crippen LogP contribution in [-0.4, -0.2) is 43.2 Å². The van der Waals surface area contributed by atoms with Gasteiger partial charge in [0.1, 0.15) is 22.7 Å². The number of carbonyl (C=O) groups is 1. The summed E-state index contributed by atoms with van der Waals surface area (Å²) in [6.45, 7) is 15.0. The fourth-order valence-corrected chi connectivity index (χ4v) is 5.31. The van der Waals surface area contributed by atoms with Gasteiger partial charge in [-0.15, -0.1) is 0 Å². The Morgan fingerprint density at radius 3 is 2.48 bits per heavy atom. The largest absolute Gasteiger partial charge is 0.744 e. The number of nitrogens with zero attached hydrogens (tertiary/aromatic N) is 2. The molecular formula is C22H27N3O5S. The van der Waals surface area contributed by atoms with E-state index in [0.717, 1.165) is 30.8 Å². The van der Waals surface area contributed by atoms with E-state index in [9.17, 15) is 17.8 Å². The second-order valence-electron chi connectivity index (χ2n) is 7.73. The first-order valence-electron chi connectivity index (χ1n) is 10.3. The number of hydrogen-bond donors (Lipinski definition) is 1. The molecular weight excluding hydrogens is 418 g/mol. The summed E-state index contributed by atoms with van der Waals surface area (Å²) in [7, 11) is -4.70. The van der Waals surface area contributed by atoms with Crippen LogP contribution in [0.15, 0.2) is 29.2 Å². The van der Waals surface area contributed by atoms with Crippen molar-refractivity contribution in [2.24, 2.45) is 0 Å². The fourth-order valence-electron chi connectivity index (χ4n) is 4.59. The van der Waals surface area contributed by atoms with Crippen molar-refractivity contribution in [2.75, 3.05) is 19.7 Å². The van der Waals surface area contributed by atoms with Crippen molar-refractivity contribution in [3.05, 3.63) is 58.2 Å². The molecule has 9 heteroatoms. The topological polar surface area (TPSA) is 97.2 Å². The third-order valence-corrected chi connectivity index (χ3v) is 6.85. The molecule has 0 bridgehead atoms. The van der Waals surface area contributed by atoms with E-state index in [1.165, 1.54) is 12.1 Å². The molecule has 0 aliphatic carbocycles. The zero-order valence-corrected chi connectivity index (χ0v) is 18.8. The number of esters is 1. The molecule has 0 amide bonds. The average molecular weight is 446 g/mol. The van der Waals surface area contributed by atoms with Crippen LogP contribution in [0.3, 0.4) is 0 Å². The molecule has 1 N–H and O–H groups in total. The van der Waals surface area contributed by atoms with E-state index in [1.54, 1.807) is 30.5 Å². The van der Waals surface area contributed by atoms with E-state index in [1.807, 2.05) is 6.92 Å². The Morgan fingerprint density at radius 2 is 1.90 bits per heavy atom. The van der Waals surface area contributed by atoms with Crippen molar-refractivity contribution < 1.29 is 27.4 Å². The minimum atomic E-state index is -4.70. The molecule has 1 fully saturated rings. The van der Waals surface area contributed by atoms with Gasteiger partial charge in [0.05, 0.1) is 31.2 Å². The SMILES string of the molecule is [C-]#[N+]c1c(C(c2ccccc2S(=O)(=O)[O-])[NH+]2CCCC2)c(C)n(CC(=O)OCC)c1C. The van der Waals surface area contributed by atoms with Gasteiger partial charge in [-0.1, -0.05) is 18.2 Å².